The molecule has 0 radical (unpaired) electrons. The van der Waals surface area contributed by atoms with Gasteiger partial charge in [-0.2, -0.15) is 5.26 Å². The zero-order valence-corrected chi connectivity index (χ0v) is 10.1. The van der Waals surface area contributed by atoms with Crippen LogP contribution >= 0.6 is 0 Å². The second-order valence-electron chi connectivity index (χ2n) is 4.11. The third-order valence-electron chi connectivity index (χ3n) is 2.72. The Balaban J connectivity index is 1.96. The Kier molecular flexibility index (Phi) is 3.68. The van der Waals surface area contributed by atoms with Gasteiger partial charge in [0.2, 0.25) is 5.91 Å². The molecule has 94 valence electrons. The molecule has 0 unspecified atom stereocenters. The van der Waals surface area contributed by atoms with Gasteiger partial charge >= 0.3 is 0 Å². The number of carbonyl (C=O) groups excluding carboxylic acids is 1. The summed E-state index contributed by atoms with van der Waals surface area (Å²) in [5.41, 5.74) is 0. The Morgan fingerprint density at radius 2 is 2.28 bits per heavy atom. The molecule has 0 bridgehead atoms. The van der Waals surface area contributed by atoms with Gasteiger partial charge in [0.1, 0.15) is 13.0 Å². The summed E-state index contributed by atoms with van der Waals surface area (Å²) in [6, 6.07) is 9.00. The van der Waals surface area contributed by atoms with Gasteiger partial charge in [-0.1, -0.05) is 12.1 Å². The van der Waals surface area contributed by atoms with E-state index in [1.807, 2.05) is 37.3 Å². The molecule has 1 aliphatic heterocycles. The quantitative estimate of drug-likeness (QED) is 0.871. The molecule has 2 rings (SSSR count). The number of fused-ring (bicyclic) bond motifs is 1. The van der Waals surface area contributed by atoms with Crippen LogP contribution in [0.25, 0.3) is 0 Å². The van der Waals surface area contributed by atoms with Crippen LogP contribution in [0.4, 0.5) is 0 Å². The average molecular weight is 246 g/mol. The van der Waals surface area contributed by atoms with E-state index < -0.39 is 0 Å². The summed E-state index contributed by atoms with van der Waals surface area (Å²) < 4.78 is 11.3. The Labute approximate surface area is 105 Å². The molecule has 5 nitrogen and oxygen atoms in total. The summed E-state index contributed by atoms with van der Waals surface area (Å²) in [4.78, 5) is 11.3. The second kappa shape index (κ2) is 5.41. The lowest BCUT2D eigenvalue weighted by Crippen LogP contribution is -2.48. The maximum absolute atomic E-state index is 11.3. The van der Waals surface area contributed by atoms with Crippen LogP contribution in [0.1, 0.15) is 13.3 Å². The summed E-state index contributed by atoms with van der Waals surface area (Å²) in [7, 11) is 0. The number of hydrogen-bond acceptors (Lipinski definition) is 4. The highest BCUT2D eigenvalue weighted by atomic mass is 16.6. The van der Waals surface area contributed by atoms with Crippen LogP contribution in [0.5, 0.6) is 11.5 Å². The average Bonchev–Trinajstić information content (AvgIpc) is 2.38. The first-order valence-electron chi connectivity index (χ1n) is 5.75. The summed E-state index contributed by atoms with van der Waals surface area (Å²) in [6.45, 7) is 2.21. The molecule has 1 N–H and O–H groups in total. The van der Waals surface area contributed by atoms with Crippen molar-refractivity contribution in [1.29, 1.82) is 5.26 Å². The summed E-state index contributed by atoms with van der Waals surface area (Å²) in [6.07, 6.45) is -0.392. The number of para-hydroxylation sites is 2. The largest absolute Gasteiger partial charge is 0.486 e. The van der Waals surface area contributed by atoms with Gasteiger partial charge in [-0.3, -0.25) is 4.79 Å². The van der Waals surface area contributed by atoms with Gasteiger partial charge in [-0.25, -0.2) is 0 Å². The van der Waals surface area contributed by atoms with E-state index in [1.165, 1.54) is 0 Å². The third kappa shape index (κ3) is 2.72. The molecule has 1 amide bonds. The summed E-state index contributed by atoms with van der Waals surface area (Å²) in [5, 5.41) is 11.1. The summed E-state index contributed by atoms with van der Waals surface area (Å²) in [5.74, 6) is 1.09. The van der Waals surface area contributed by atoms with Crippen molar-refractivity contribution in [3.63, 3.8) is 0 Å². The molecule has 5 heteroatoms. The highest BCUT2D eigenvalue weighted by Crippen LogP contribution is 2.31. The zero-order valence-electron chi connectivity index (χ0n) is 10.1. The smallest absolute Gasteiger partial charge is 0.234 e. The number of carbonyl (C=O) groups is 1. The molecular weight excluding hydrogens is 232 g/mol. The van der Waals surface area contributed by atoms with Crippen LogP contribution in [-0.2, 0) is 4.79 Å². The molecule has 1 heterocycles. The van der Waals surface area contributed by atoms with Crippen LogP contribution < -0.4 is 14.8 Å². The number of ether oxygens (including phenoxy) is 2. The standard InChI is InChI=1S/C13H14N2O3/c1-9(15-13(16)6-7-14)12-8-17-10-4-2-3-5-11(10)18-12/h2-5,9,12H,6,8H2,1H3,(H,15,16)/t9-,12-/m0/s1. The molecule has 0 aliphatic carbocycles. The van der Waals surface area contributed by atoms with Gasteiger partial charge in [-0.15, -0.1) is 0 Å². The van der Waals surface area contributed by atoms with Gasteiger partial charge in [0.05, 0.1) is 12.1 Å². The molecule has 2 atom stereocenters. The maximum atomic E-state index is 11.3. The minimum Gasteiger partial charge on any atom is -0.486 e. The monoisotopic (exact) mass is 246 g/mol. The fraction of sp³-hybridized carbons (Fsp3) is 0.385. The third-order valence-corrected chi connectivity index (χ3v) is 2.72. The van der Waals surface area contributed by atoms with E-state index >= 15 is 0 Å². The number of nitrogens with one attached hydrogen (secondary N) is 1. The maximum Gasteiger partial charge on any atom is 0.234 e. The van der Waals surface area contributed by atoms with E-state index in [4.69, 9.17) is 14.7 Å². The van der Waals surface area contributed by atoms with Crippen LogP contribution in [0.2, 0.25) is 0 Å². The molecular formula is C13H14N2O3. The van der Waals surface area contributed by atoms with Gasteiger partial charge in [-0.05, 0) is 19.1 Å². The number of hydrogen-bond donors (Lipinski definition) is 1. The lowest BCUT2D eigenvalue weighted by Gasteiger charge is -2.30. The number of rotatable bonds is 3. The fourth-order valence-electron chi connectivity index (χ4n) is 1.75. The highest BCUT2D eigenvalue weighted by molar-refractivity contribution is 5.78. The van der Waals surface area contributed by atoms with Gasteiger partial charge in [0, 0.05) is 0 Å². The van der Waals surface area contributed by atoms with E-state index in [0.717, 1.165) is 0 Å². The molecule has 1 aliphatic rings. The van der Waals surface area contributed by atoms with Crippen LogP contribution in [-0.4, -0.2) is 24.7 Å². The van der Waals surface area contributed by atoms with Crippen molar-refractivity contribution >= 4 is 5.91 Å². The second-order valence-corrected chi connectivity index (χ2v) is 4.11. The number of nitriles is 1. The molecule has 0 saturated heterocycles. The summed E-state index contributed by atoms with van der Waals surface area (Å²) >= 11 is 0. The topological polar surface area (TPSA) is 71.4 Å². The van der Waals surface area contributed by atoms with E-state index in [0.29, 0.717) is 18.1 Å². The Bertz CT molecular complexity index is 481. The van der Waals surface area contributed by atoms with Gasteiger partial charge < -0.3 is 14.8 Å². The lowest BCUT2D eigenvalue weighted by atomic mass is 10.1. The SMILES string of the molecule is C[C@H](NC(=O)CC#N)[C@@H]1COc2ccccc2O1. The lowest BCUT2D eigenvalue weighted by molar-refractivity contribution is -0.121. The predicted octanol–water partition coefficient (Wildman–Crippen LogP) is 1.24. The van der Waals surface area contributed by atoms with Crippen molar-refractivity contribution in [3.05, 3.63) is 24.3 Å². The van der Waals surface area contributed by atoms with E-state index in [1.54, 1.807) is 0 Å². The van der Waals surface area contributed by atoms with Crippen molar-refractivity contribution in [2.45, 2.75) is 25.5 Å². The minimum absolute atomic E-state index is 0.144. The fourth-order valence-corrected chi connectivity index (χ4v) is 1.75. The first-order valence-corrected chi connectivity index (χ1v) is 5.75. The number of nitrogens with zero attached hydrogens (tertiary/aromatic N) is 1. The van der Waals surface area contributed by atoms with E-state index in [9.17, 15) is 4.79 Å². The van der Waals surface area contributed by atoms with Crippen molar-refractivity contribution < 1.29 is 14.3 Å². The Morgan fingerprint density at radius 3 is 3.00 bits per heavy atom. The minimum atomic E-state index is -0.299. The van der Waals surface area contributed by atoms with Crippen LogP contribution in [0, 0.1) is 11.3 Å². The number of amides is 1. The molecule has 1 aromatic rings. The van der Waals surface area contributed by atoms with Crippen molar-refractivity contribution in [2.75, 3.05) is 6.61 Å². The number of benzene rings is 1. The zero-order chi connectivity index (χ0) is 13.0. The molecule has 0 fully saturated rings. The molecule has 0 aromatic heterocycles. The molecule has 18 heavy (non-hydrogen) atoms. The van der Waals surface area contributed by atoms with Gasteiger partial charge in [0.25, 0.3) is 0 Å². The first-order chi connectivity index (χ1) is 8.70. The van der Waals surface area contributed by atoms with Gasteiger partial charge in [0.15, 0.2) is 17.6 Å². The van der Waals surface area contributed by atoms with Crippen molar-refractivity contribution in [2.24, 2.45) is 0 Å². The molecule has 0 saturated carbocycles. The van der Waals surface area contributed by atoms with E-state index in [-0.39, 0.29) is 24.5 Å². The van der Waals surface area contributed by atoms with Crippen molar-refractivity contribution in [3.8, 4) is 17.6 Å². The Morgan fingerprint density at radius 1 is 1.56 bits per heavy atom. The predicted molar refractivity (Wildman–Crippen MR) is 64.2 cm³/mol. The van der Waals surface area contributed by atoms with E-state index in [2.05, 4.69) is 5.32 Å². The van der Waals surface area contributed by atoms with Crippen LogP contribution in [0.15, 0.2) is 24.3 Å². The van der Waals surface area contributed by atoms with Crippen molar-refractivity contribution in [1.82, 2.24) is 5.32 Å². The molecule has 1 aromatic carbocycles. The first kappa shape index (κ1) is 12.2. The normalized spacial score (nSPS) is 18.6. The Hall–Kier alpha value is -2.22. The molecule has 0 spiro atoms. The van der Waals surface area contributed by atoms with Crippen LogP contribution in [0.3, 0.4) is 0 Å². The highest BCUT2D eigenvalue weighted by Gasteiger charge is 2.26.